The number of carbonyl (C=O) groups excluding carboxylic acids is 1. The van der Waals surface area contributed by atoms with Gasteiger partial charge in [0, 0.05) is 35.9 Å². The van der Waals surface area contributed by atoms with Gasteiger partial charge in [0.2, 0.25) is 0 Å². The molecular weight excluding hydrogens is 468 g/mol. The third kappa shape index (κ3) is 4.16. The second-order valence-corrected chi connectivity index (χ2v) is 8.96. The molecule has 9 nitrogen and oxygen atoms in total. The number of rotatable bonds is 7. The monoisotopic (exact) mass is 491 g/mol. The number of aromatic nitrogens is 6. The van der Waals surface area contributed by atoms with Crippen LogP contribution in [0.2, 0.25) is 0 Å². The van der Waals surface area contributed by atoms with E-state index in [1.807, 2.05) is 0 Å². The standard InChI is InChI=1S/C25H23F2N7O2/c1-15(18-4-3-5-19(23(18)27)25(14-26)8-9-25)30-24(36)20-6-7-22(35)34(31-20)17-10-16(11-28-12-17)21-13-29-32-33(21)2/h3-7,10-13,15H,8-9,14H2,1-2H3,(H,30,36)/t15-/m1/s1. The Morgan fingerprint density at radius 3 is 2.69 bits per heavy atom. The van der Waals surface area contributed by atoms with E-state index in [1.54, 1.807) is 55.3 Å². The molecule has 1 atom stereocenters. The predicted octanol–water partition coefficient (Wildman–Crippen LogP) is 3.05. The fourth-order valence-corrected chi connectivity index (χ4v) is 4.22. The minimum atomic E-state index is -0.755. The van der Waals surface area contributed by atoms with Crippen LogP contribution in [0.15, 0.2) is 59.8 Å². The highest BCUT2D eigenvalue weighted by Crippen LogP contribution is 2.50. The molecule has 1 saturated carbocycles. The number of carbonyl (C=O) groups is 1. The van der Waals surface area contributed by atoms with Crippen LogP contribution < -0.4 is 10.9 Å². The molecule has 0 bridgehead atoms. The Hall–Kier alpha value is -4.28. The molecule has 1 aliphatic carbocycles. The summed E-state index contributed by atoms with van der Waals surface area (Å²) in [5.74, 6) is -1.10. The molecule has 5 rings (SSSR count). The molecule has 1 fully saturated rings. The number of amides is 1. The third-order valence-electron chi connectivity index (χ3n) is 6.53. The highest BCUT2D eigenvalue weighted by molar-refractivity contribution is 5.92. The lowest BCUT2D eigenvalue weighted by atomic mass is 9.93. The van der Waals surface area contributed by atoms with E-state index in [0.717, 1.165) is 4.68 Å². The topological polar surface area (TPSA) is 108 Å². The molecule has 3 heterocycles. The van der Waals surface area contributed by atoms with Crippen LogP contribution in [0.5, 0.6) is 0 Å². The van der Waals surface area contributed by atoms with Crippen molar-refractivity contribution in [1.82, 2.24) is 35.1 Å². The molecule has 1 N–H and O–H groups in total. The highest BCUT2D eigenvalue weighted by atomic mass is 19.1. The van der Waals surface area contributed by atoms with Crippen LogP contribution in [-0.2, 0) is 12.5 Å². The zero-order valence-electron chi connectivity index (χ0n) is 19.7. The maximum absolute atomic E-state index is 15.2. The molecule has 1 amide bonds. The Kier molecular flexibility index (Phi) is 5.91. The van der Waals surface area contributed by atoms with E-state index in [4.69, 9.17) is 0 Å². The summed E-state index contributed by atoms with van der Waals surface area (Å²) in [6.45, 7) is 1.02. The summed E-state index contributed by atoms with van der Waals surface area (Å²) in [4.78, 5) is 29.7. The molecule has 0 spiro atoms. The second-order valence-electron chi connectivity index (χ2n) is 8.96. The summed E-state index contributed by atoms with van der Waals surface area (Å²) in [7, 11) is 1.73. The minimum absolute atomic E-state index is 0.0342. The van der Waals surface area contributed by atoms with Gasteiger partial charge in [-0.3, -0.25) is 19.0 Å². The number of nitrogens with zero attached hydrogens (tertiary/aromatic N) is 6. The van der Waals surface area contributed by atoms with E-state index in [0.29, 0.717) is 35.3 Å². The average molecular weight is 492 g/mol. The molecule has 0 saturated heterocycles. The van der Waals surface area contributed by atoms with Gasteiger partial charge in [0.05, 0.1) is 36.5 Å². The van der Waals surface area contributed by atoms with Crippen molar-refractivity contribution in [2.45, 2.75) is 31.2 Å². The van der Waals surface area contributed by atoms with Crippen LogP contribution >= 0.6 is 0 Å². The predicted molar refractivity (Wildman–Crippen MR) is 127 cm³/mol. The SMILES string of the molecule is C[C@@H](NC(=O)c1ccc(=O)n(-c2cncc(-c3cnnn3C)c2)n1)c1cccc(C2(CF)CC2)c1F. The Bertz CT molecular complexity index is 1510. The first-order valence-electron chi connectivity index (χ1n) is 11.4. The molecule has 0 aliphatic heterocycles. The molecule has 11 heteroatoms. The summed E-state index contributed by atoms with van der Waals surface area (Å²) in [6, 6.07) is 8.34. The second kappa shape index (κ2) is 9.06. The van der Waals surface area contributed by atoms with Crippen LogP contribution in [-0.4, -0.2) is 42.3 Å². The molecule has 1 aromatic carbocycles. The number of hydrogen-bond acceptors (Lipinski definition) is 6. The van der Waals surface area contributed by atoms with Crippen molar-refractivity contribution in [3.63, 3.8) is 0 Å². The first-order valence-corrected chi connectivity index (χ1v) is 11.4. The van der Waals surface area contributed by atoms with Gasteiger partial charge in [0.25, 0.3) is 11.5 Å². The number of nitrogens with one attached hydrogen (secondary N) is 1. The largest absolute Gasteiger partial charge is 0.344 e. The van der Waals surface area contributed by atoms with Gasteiger partial charge >= 0.3 is 0 Å². The molecule has 184 valence electrons. The van der Waals surface area contributed by atoms with Crippen molar-refractivity contribution >= 4 is 5.91 Å². The van der Waals surface area contributed by atoms with Crippen molar-refractivity contribution in [3.05, 3.63) is 88.0 Å². The van der Waals surface area contributed by atoms with Crippen molar-refractivity contribution in [3.8, 4) is 16.9 Å². The van der Waals surface area contributed by atoms with E-state index < -0.39 is 35.4 Å². The van der Waals surface area contributed by atoms with Gasteiger partial charge in [-0.25, -0.2) is 9.07 Å². The molecular formula is C25H23F2N7O2. The third-order valence-corrected chi connectivity index (χ3v) is 6.53. The van der Waals surface area contributed by atoms with Crippen LogP contribution in [0.25, 0.3) is 16.9 Å². The Morgan fingerprint density at radius 2 is 2.00 bits per heavy atom. The highest BCUT2D eigenvalue weighted by Gasteiger charge is 2.46. The lowest BCUT2D eigenvalue weighted by molar-refractivity contribution is 0.0932. The smallest absolute Gasteiger partial charge is 0.272 e. The summed E-state index contributed by atoms with van der Waals surface area (Å²) in [5.41, 5.74) is 1.05. The first-order chi connectivity index (χ1) is 17.3. The number of benzene rings is 1. The molecule has 0 unspecified atom stereocenters. The zero-order valence-corrected chi connectivity index (χ0v) is 19.7. The van der Waals surface area contributed by atoms with Crippen LogP contribution in [0.4, 0.5) is 8.78 Å². The van der Waals surface area contributed by atoms with Gasteiger partial charge < -0.3 is 5.32 Å². The summed E-state index contributed by atoms with van der Waals surface area (Å²) < 4.78 is 31.4. The minimum Gasteiger partial charge on any atom is -0.344 e. The van der Waals surface area contributed by atoms with Gasteiger partial charge in [0.15, 0.2) is 0 Å². The average Bonchev–Trinajstić information content (AvgIpc) is 3.56. The van der Waals surface area contributed by atoms with Crippen LogP contribution in [0.3, 0.4) is 0 Å². The Balaban J connectivity index is 1.41. The van der Waals surface area contributed by atoms with Crippen molar-refractivity contribution in [2.24, 2.45) is 7.05 Å². The molecule has 1 aliphatic rings. The van der Waals surface area contributed by atoms with Crippen molar-refractivity contribution in [2.75, 3.05) is 6.67 Å². The van der Waals surface area contributed by atoms with Gasteiger partial charge in [-0.1, -0.05) is 23.4 Å². The lowest BCUT2D eigenvalue weighted by Crippen LogP contribution is -2.31. The normalized spacial score (nSPS) is 14.9. The fourth-order valence-electron chi connectivity index (χ4n) is 4.22. The molecule has 3 aromatic heterocycles. The van der Waals surface area contributed by atoms with Gasteiger partial charge in [-0.15, -0.1) is 5.10 Å². The Morgan fingerprint density at radius 1 is 1.19 bits per heavy atom. The number of aryl methyl sites for hydroxylation is 1. The van der Waals surface area contributed by atoms with E-state index >= 15 is 4.39 Å². The maximum Gasteiger partial charge on any atom is 0.272 e. The van der Waals surface area contributed by atoms with Crippen LogP contribution in [0, 0.1) is 5.82 Å². The summed E-state index contributed by atoms with van der Waals surface area (Å²) in [5, 5.41) is 14.7. The first kappa shape index (κ1) is 23.5. The van der Waals surface area contributed by atoms with Gasteiger partial charge in [0.1, 0.15) is 11.5 Å². The van der Waals surface area contributed by atoms with Crippen molar-refractivity contribution in [1.29, 1.82) is 0 Å². The maximum atomic E-state index is 15.2. The molecule has 0 radical (unpaired) electrons. The number of hydrogen-bond donors (Lipinski definition) is 1. The number of halogens is 2. The quantitative estimate of drug-likeness (QED) is 0.426. The van der Waals surface area contributed by atoms with Gasteiger partial charge in [-0.05, 0) is 37.5 Å². The summed E-state index contributed by atoms with van der Waals surface area (Å²) in [6.07, 6.45) is 5.82. The number of pyridine rings is 1. The van der Waals surface area contributed by atoms with E-state index in [2.05, 4.69) is 25.7 Å². The van der Waals surface area contributed by atoms with E-state index in [1.165, 1.54) is 18.3 Å². The molecule has 4 aromatic rings. The van der Waals surface area contributed by atoms with Crippen molar-refractivity contribution < 1.29 is 13.6 Å². The summed E-state index contributed by atoms with van der Waals surface area (Å²) >= 11 is 0. The van der Waals surface area contributed by atoms with Gasteiger partial charge in [-0.2, -0.15) is 9.78 Å². The molecule has 36 heavy (non-hydrogen) atoms. The number of alkyl halides is 1. The zero-order chi connectivity index (χ0) is 25.4. The Labute approximate surface area is 204 Å². The lowest BCUT2D eigenvalue weighted by Gasteiger charge is -2.19. The van der Waals surface area contributed by atoms with E-state index in [9.17, 15) is 14.0 Å². The van der Waals surface area contributed by atoms with Crippen LogP contribution in [0.1, 0.15) is 47.4 Å². The van der Waals surface area contributed by atoms with E-state index in [-0.39, 0.29) is 11.3 Å². The fraction of sp³-hybridized carbons (Fsp3) is 0.280.